The Morgan fingerprint density at radius 3 is 2.68 bits per heavy atom. The summed E-state index contributed by atoms with van der Waals surface area (Å²) in [5.74, 6) is -0.396. The number of pyridine rings is 2. The van der Waals surface area contributed by atoms with Gasteiger partial charge in [-0.2, -0.15) is 0 Å². The van der Waals surface area contributed by atoms with E-state index in [0.29, 0.717) is 23.6 Å². The Hall–Kier alpha value is -4.30. The Bertz CT molecular complexity index is 1410. The smallest absolute Gasteiger partial charge is 0.260 e. The van der Waals surface area contributed by atoms with E-state index in [2.05, 4.69) is 20.6 Å². The molecule has 2 amide bonds. The van der Waals surface area contributed by atoms with Gasteiger partial charge in [0.25, 0.3) is 11.8 Å². The molecule has 7 nitrogen and oxygen atoms in total. The third-order valence-corrected chi connectivity index (χ3v) is 5.65. The number of nitrogens with one attached hydrogen (secondary N) is 2. The molecule has 0 unspecified atom stereocenters. The van der Waals surface area contributed by atoms with Gasteiger partial charge in [-0.05, 0) is 48.5 Å². The molecule has 9 heteroatoms. The van der Waals surface area contributed by atoms with E-state index >= 15 is 0 Å². The Morgan fingerprint density at radius 1 is 1.03 bits per heavy atom. The summed E-state index contributed by atoms with van der Waals surface area (Å²) in [4.78, 5) is 36.2. The van der Waals surface area contributed by atoms with Crippen LogP contribution in [0.3, 0.4) is 0 Å². The van der Waals surface area contributed by atoms with Crippen molar-refractivity contribution >= 4 is 46.4 Å². The van der Waals surface area contributed by atoms with Crippen LogP contribution in [0, 0.1) is 5.82 Å². The molecule has 168 valence electrons. The third-order valence-electron chi connectivity index (χ3n) is 5.34. The number of hydrogen-bond donors (Lipinski definition) is 2. The van der Waals surface area contributed by atoms with Crippen molar-refractivity contribution in [3.05, 3.63) is 107 Å². The van der Waals surface area contributed by atoms with Crippen molar-refractivity contribution in [1.82, 2.24) is 9.97 Å². The van der Waals surface area contributed by atoms with Gasteiger partial charge in [-0.25, -0.2) is 14.4 Å². The van der Waals surface area contributed by atoms with Gasteiger partial charge in [0.05, 0.1) is 34.1 Å². The van der Waals surface area contributed by atoms with Crippen molar-refractivity contribution in [1.29, 1.82) is 0 Å². The maximum Gasteiger partial charge on any atom is 0.260 e. The van der Waals surface area contributed by atoms with Crippen molar-refractivity contribution in [3.8, 4) is 0 Å². The van der Waals surface area contributed by atoms with Gasteiger partial charge in [0.1, 0.15) is 17.5 Å². The molecule has 2 aromatic heterocycles. The number of halogens is 2. The second kappa shape index (κ2) is 8.92. The highest BCUT2D eigenvalue weighted by Gasteiger charge is 2.25. The third kappa shape index (κ3) is 4.18. The number of amides is 2. The molecule has 0 saturated heterocycles. The minimum absolute atomic E-state index is 0.00694. The van der Waals surface area contributed by atoms with E-state index in [1.807, 2.05) is 36.4 Å². The molecule has 0 bridgehead atoms. The number of rotatable bonds is 3. The number of anilines is 4. The van der Waals surface area contributed by atoms with Crippen molar-refractivity contribution in [2.45, 2.75) is 6.54 Å². The van der Waals surface area contributed by atoms with Crippen molar-refractivity contribution < 1.29 is 14.0 Å². The molecule has 0 atom stereocenters. The van der Waals surface area contributed by atoms with E-state index in [0.717, 1.165) is 23.4 Å². The number of carbonyl (C=O) groups is 2. The molecule has 2 N–H and O–H groups in total. The predicted octanol–water partition coefficient (Wildman–Crippen LogP) is 5.43. The highest BCUT2D eigenvalue weighted by Crippen LogP contribution is 2.35. The lowest BCUT2D eigenvalue weighted by molar-refractivity contribution is 0.0984. The van der Waals surface area contributed by atoms with Gasteiger partial charge in [-0.3, -0.25) is 9.59 Å². The van der Waals surface area contributed by atoms with Gasteiger partial charge in [-0.1, -0.05) is 29.8 Å². The topological polar surface area (TPSA) is 87.2 Å². The first-order chi connectivity index (χ1) is 16.5. The van der Waals surface area contributed by atoms with Gasteiger partial charge in [-0.15, -0.1) is 0 Å². The first-order valence-corrected chi connectivity index (χ1v) is 10.7. The SMILES string of the molecule is O=C(Nc1ccc(C(=O)N2Cc3cccnc3Nc3ccccc32)cn1)c1ccc(F)cc1Cl. The number of aromatic nitrogens is 2. The normalized spacial score (nSPS) is 12.1. The lowest BCUT2D eigenvalue weighted by atomic mass is 10.1. The standard InChI is InChI=1S/C25H17ClFN5O2/c26-19-12-17(27)8-9-18(19)24(33)31-22-10-7-15(13-29-22)25(34)32-14-16-4-3-11-28-23(16)30-20-5-1-2-6-21(20)32/h1-13H,14H2,(H,28,30)(H,29,31,33). The van der Waals surface area contributed by atoms with Crippen molar-refractivity contribution in [3.63, 3.8) is 0 Å². The Kier molecular flexibility index (Phi) is 5.65. The van der Waals surface area contributed by atoms with Gasteiger partial charge in [0.15, 0.2) is 0 Å². The number of para-hydroxylation sites is 2. The number of hydrogen-bond acceptors (Lipinski definition) is 5. The monoisotopic (exact) mass is 473 g/mol. The summed E-state index contributed by atoms with van der Waals surface area (Å²) in [7, 11) is 0. The summed E-state index contributed by atoms with van der Waals surface area (Å²) >= 11 is 5.95. The van der Waals surface area contributed by atoms with Crippen LogP contribution in [0.15, 0.2) is 79.1 Å². The van der Waals surface area contributed by atoms with Crippen LogP contribution in [0.2, 0.25) is 5.02 Å². The van der Waals surface area contributed by atoms with Gasteiger partial charge >= 0.3 is 0 Å². The molecule has 0 aliphatic carbocycles. The van der Waals surface area contributed by atoms with Crippen LogP contribution in [0.5, 0.6) is 0 Å². The summed E-state index contributed by atoms with van der Waals surface area (Å²) in [6.07, 6.45) is 3.09. The highest BCUT2D eigenvalue weighted by atomic mass is 35.5. The maximum atomic E-state index is 13.5. The fourth-order valence-corrected chi connectivity index (χ4v) is 3.92. The molecule has 34 heavy (non-hydrogen) atoms. The first-order valence-electron chi connectivity index (χ1n) is 10.3. The first kappa shape index (κ1) is 21.5. The van der Waals surface area contributed by atoms with E-state index in [9.17, 15) is 14.0 Å². The molecule has 5 rings (SSSR count). The lowest BCUT2D eigenvalue weighted by Crippen LogP contribution is -2.30. The fraction of sp³-hybridized carbons (Fsp3) is 0.0400. The zero-order chi connectivity index (χ0) is 23.7. The molecular formula is C25H17ClFN5O2. The van der Waals surface area contributed by atoms with Crippen LogP contribution in [0.1, 0.15) is 26.3 Å². The predicted molar refractivity (Wildman–Crippen MR) is 128 cm³/mol. The minimum atomic E-state index is -0.536. The second-order valence-electron chi connectivity index (χ2n) is 7.55. The molecule has 0 saturated carbocycles. The van der Waals surface area contributed by atoms with Gasteiger partial charge in [0, 0.05) is 18.0 Å². The molecular weight excluding hydrogens is 457 g/mol. The largest absolute Gasteiger partial charge is 0.338 e. The van der Waals surface area contributed by atoms with Gasteiger partial charge < -0.3 is 15.5 Å². The maximum absolute atomic E-state index is 13.5. The highest BCUT2D eigenvalue weighted by molar-refractivity contribution is 6.34. The number of carbonyl (C=O) groups excluding carboxylic acids is 2. The average Bonchev–Trinajstić information content (AvgIpc) is 3.01. The van der Waals surface area contributed by atoms with E-state index in [1.165, 1.54) is 18.3 Å². The Morgan fingerprint density at radius 2 is 1.88 bits per heavy atom. The minimum Gasteiger partial charge on any atom is -0.338 e. The lowest BCUT2D eigenvalue weighted by Gasteiger charge is -2.22. The van der Waals surface area contributed by atoms with E-state index in [1.54, 1.807) is 17.2 Å². The molecule has 1 aliphatic heterocycles. The average molecular weight is 474 g/mol. The summed E-state index contributed by atoms with van der Waals surface area (Å²) in [5, 5.41) is 5.89. The zero-order valence-electron chi connectivity index (χ0n) is 17.6. The molecule has 2 aromatic carbocycles. The molecule has 1 aliphatic rings. The molecule has 3 heterocycles. The number of fused-ring (bicyclic) bond motifs is 2. The summed E-state index contributed by atoms with van der Waals surface area (Å²) in [5.41, 5.74) is 2.82. The number of benzene rings is 2. The van der Waals surface area contributed by atoms with Crippen LogP contribution in [0.25, 0.3) is 0 Å². The van der Waals surface area contributed by atoms with Crippen LogP contribution in [-0.4, -0.2) is 21.8 Å². The summed E-state index contributed by atoms with van der Waals surface area (Å²) in [6, 6.07) is 17.9. The second-order valence-corrected chi connectivity index (χ2v) is 7.96. The fourth-order valence-electron chi connectivity index (χ4n) is 3.67. The summed E-state index contributed by atoms with van der Waals surface area (Å²) < 4.78 is 13.2. The Labute approximate surface area is 199 Å². The quantitative estimate of drug-likeness (QED) is 0.414. The van der Waals surface area contributed by atoms with E-state index in [4.69, 9.17) is 11.6 Å². The van der Waals surface area contributed by atoms with Crippen LogP contribution in [0.4, 0.5) is 27.4 Å². The molecule has 4 aromatic rings. The summed E-state index contributed by atoms with van der Waals surface area (Å²) in [6.45, 7) is 0.327. The van der Waals surface area contributed by atoms with Crippen LogP contribution < -0.4 is 15.5 Å². The van der Waals surface area contributed by atoms with E-state index in [-0.39, 0.29) is 22.3 Å². The van der Waals surface area contributed by atoms with Crippen molar-refractivity contribution in [2.75, 3.05) is 15.5 Å². The molecule has 0 radical (unpaired) electrons. The zero-order valence-corrected chi connectivity index (χ0v) is 18.4. The Balaban J connectivity index is 1.39. The van der Waals surface area contributed by atoms with Crippen LogP contribution >= 0.6 is 11.6 Å². The number of nitrogens with zero attached hydrogens (tertiary/aromatic N) is 3. The van der Waals surface area contributed by atoms with Crippen molar-refractivity contribution in [2.24, 2.45) is 0 Å². The van der Waals surface area contributed by atoms with Crippen LogP contribution in [-0.2, 0) is 6.54 Å². The van der Waals surface area contributed by atoms with Gasteiger partial charge in [0.2, 0.25) is 0 Å². The molecule has 0 fully saturated rings. The van der Waals surface area contributed by atoms with E-state index < -0.39 is 11.7 Å². The molecule has 0 spiro atoms.